The Balaban J connectivity index is 1.43. The number of hydrazone groups is 1. The van der Waals surface area contributed by atoms with E-state index in [1.165, 1.54) is 28.7 Å². The van der Waals surface area contributed by atoms with Crippen LogP contribution in [0.25, 0.3) is 0 Å². The smallest absolute Gasteiger partial charge is 0.250 e. The minimum Gasteiger partial charge on any atom is -0.272 e. The summed E-state index contributed by atoms with van der Waals surface area (Å²) in [5.41, 5.74) is 5.44. The maximum Gasteiger partial charge on any atom is 0.250 e. The second-order valence-corrected chi connectivity index (χ2v) is 10.6. The van der Waals surface area contributed by atoms with Crippen molar-refractivity contribution in [3.63, 3.8) is 0 Å². The van der Waals surface area contributed by atoms with Crippen LogP contribution in [0.3, 0.4) is 0 Å². The van der Waals surface area contributed by atoms with Crippen LogP contribution in [0.4, 0.5) is 0 Å². The van der Waals surface area contributed by atoms with Gasteiger partial charge in [-0.25, -0.2) is 5.43 Å². The van der Waals surface area contributed by atoms with Gasteiger partial charge in [-0.1, -0.05) is 86.7 Å². The molecule has 0 radical (unpaired) electrons. The van der Waals surface area contributed by atoms with Crippen molar-refractivity contribution >= 4 is 74.0 Å². The monoisotopic (exact) mass is 526 g/mol. The summed E-state index contributed by atoms with van der Waals surface area (Å²) in [5.74, 6) is 0.839. The number of hydrogen-bond acceptors (Lipinski definition) is 7. The number of rotatable bonds is 8. The second kappa shape index (κ2) is 11.1. The van der Waals surface area contributed by atoms with Crippen molar-refractivity contribution in [3.05, 3.63) is 69.2 Å². The summed E-state index contributed by atoms with van der Waals surface area (Å²) in [6, 6.07) is 15.5. The number of benzene rings is 2. The van der Waals surface area contributed by atoms with Crippen molar-refractivity contribution in [1.82, 2.24) is 15.6 Å². The highest BCUT2D eigenvalue weighted by atomic mass is 79.9. The number of carbonyl (C=O) groups is 1. The minimum atomic E-state index is -0.183. The van der Waals surface area contributed by atoms with Crippen molar-refractivity contribution in [2.24, 2.45) is 5.10 Å². The third kappa shape index (κ3) is 7.42. The average Bonchev–Trinajstić information content (AvgIpc) is 3.18. The molecule has 1 N–H and O–H groups in total. The number of carbonyl (C=O) groups excluding carboxylic acids is 1. The molecule has 29 heavy (non-hydrogen) atoms. The highest BCUT2D eigenvalue weighted by molar-refractivity contribution is 9.10. The standard InChI is InChI=1S/C19H16BrClN4OS3/c1-12(14-4-6-15(20)7-5-14)22-23-17(26)11-28-19-25-24-18(29-19)27-10-13-2-8-16(21)9-3-13/h2-9H,10-11H2,1H3,(H,23,26)/b22-12+. The highest BCUT2D eigenvalue weighted by Gasteiger charge is 2.09. The summed E-state index contributed by atoms with van der Waals surface area (Å²) in [6.07, 6.45) is 0. The van der Waals surface area contributed by atoms with E-state index in [1.54, 1.807) is 11.8 Å². The zero-order chi connectivity index (χ0) is 20.6. The van der Waals surface area contributed by atoms with Gasteiger partial charge >= 0.3 is 0 Å². The first kappa shape index (κ1) is 22.3. The molecule has 0 bridgehead atoms. The normalized spacial score (nSPS) is 11.5. The Morgan fingerprint density at radius 2 is 1.76 bits per heavy atom. The van der Waals surface area contributed by atoms with Crippen LogP contribution < -0.4 is 5.43 Å². The molecule has 0 fully saturated rings. The first-order valence-electron chi connectivity index (χ1n) is 8.42. The topological polar surface area (TPSA) is 67.2 Å². The average molecular weight is 528 g/mol. The molecule has 0 spiro atoms. The van der Waals surface area contributed by atoms with Gasteiger partial charge in [0.2, 0.25) is 0 Å². The van der Waals surface area contributed by atoms with Crippen LogP contribution in [0.2, 0.25) is 5.02 Å². The molecule has 2 aromatic carbocycles. The van der Waals surface area contributed by atoms with Crippen molar-refractivity contribution in [1.29, 1.82) is 0 Å². The molecule has 0 saturated heterocycles. The lowest BCUT2D eigenvalue weighted by molar-refractivity contribution is -0.118. The van der Waals surface area contributed by atoms with E-state index < -0.39 is 0 Å². The summed E-state index contributed by atoms with van der Waals surface area (Å²) < 4.78 is 2.62. The lowest BCUT2D eigenvalue weighted by Gasteiger charge is -2.02. The summed E-state index contributed by atoms with van der Waals surface area (Å²) >= 11 is 13.7. The minimum absolute atomic E-state index is 0.183. The number of nitrogens with one attached hydrogen (secondary N) is 1. The number of halogens is 2. The van der Waals surface area contributed by atoms with Crippen LogP contribution in [-0.4, -0.2) is 27.6 Å². The van der Waals surface area contributed by atoms with E-state index in [1.807, 2.05) is 55.5 Å². The van der Waals surface area contributed by atoms with Crippen LogP contribution in [0, 0.1) is 0 Å². The molecule has 3 aromatic rings. The molecular formula is C19H16BrClN4OS3. The van der Waals surface area contributed by atoms with Crippen molar-refractivity contribution in [2.75, 3.05) is 5.75 Å². The lowest BCUT2D eigenvalue weighted by atomic mass is 10.1. The van der Waals surface area contributed by atoms with E-state index in [-0.39, 0.29) is 11.7 Å². The third-order valence-corrected chi connectivity index (χ3v) is 7.64. The predicted octanol–water partition coefficient (Wildman–Crippen LogP) is 5.88. The number of nitrogens with zero attached hydrogens (tertiary/aromatic N) is 3. The van der Waals surface area contributed by atoms with Gasteiger partial charge in [0.15, 0.2) is 8.68 Å². The number of amides is 1. The van der Waals surface area contributed by atoms with Gasteiger partial charge in [-0.15, -0.1) is 10.2 Å². The fraction of sp³-hybridized carbons (Fsp3) is 0.158. The Morgan fingerprint density at radius 1 is 1.10 bits per heavy atom. The molecule has 150 valence electrons. The van der Waals surface area contributed by atoms with Crippen molar-refractivity contribution < 1.29 is 4.79 Å². The van der Waals surface area contributed by atoms with E-state index in [0.717, 1.165) is 35.2 Å². The first-order chi connectivity index (χ1) is 14.0. The number of aromatic nitrogens is 2. The van der Waals surface area contributed by atoms with Crippen LogP contribution >= 0.6 is 62.4 Å². The fourth-order valence-corrected chi connectivity index (χ4v) is 5.26. The van der Waals surface area contributed by atoms with Crippen LogP contribution in [0.1, 0.15) is 18.1 Å². The summed E-state index contributed by atoms with van der Waals surface area (Å²) in [4.78, 5) is 12.0. The van der Waals surface area contributed by atoms with Crippen LogP contribution in [0.5, 0.6) is 0 Å². The van der Waals surface area contributed by atoms with Gasteiger partial charge < -0.3 is 0 Å². The summed E-state index contributed by atoms with van der Waals surface area (Å²) in [6.45, 7) is 1.85. The Labute approximate surface area is 194 Å². The molecule has 3 rings (SSSR count). The second-order valence-electron chi connectivity index (χ2n) is 5.78. The van der Waals surface area contributed by atoms with Gasteiger partial charge in [0.1, 0.15) is 0 Å². The molecule has 0 unspecified atom stereocenters. The van der Waals surface area contributed by atoms with Crippen molar-refractivity contribution in [2.45, 2.75) is 21.4 Å². The highest BCUT2D eigenvalue weighted by Crippen LogP contribution is 2.30. The molecular weight excluding hydrogens is 512 g/mol. The molecule has 5 nitrogen and oxygen atoms in total. The van der Waals surface area contributed by atoms with E-state index in [4.69, 9.17) is 11.6 Å². The molecule has 0 aliphatic heterocycles. The predicted molar refractivity (Wildman–Crippen MR) is 126 cm³/mol. The molecule has 1 aromatic heterocycles. The van der Waals surface area contributed by atoms with Gasteiger partial charge in [-0.05, 0) is 42.3 Å². The molecule has 0 atom stereocenters. The zero-order valence-electron chi connectivity index (χ0n) is 15.3. The molecule has 0 aliphatic rings. The maximum absolute atomic E-state index is 12.0. The Morgan fingerprint density at radius 3 is 2.45 bits per heavy atom. The van der Waals surface area contributed by atoms with Crippen LogP contribution in [0.15, 0.2) is 66.8 Å². The van der Waals surface area contributed by atoms with Gasteiger partial charge in [0, 0.05) is 15.2 Å². The SMILES string of the molecule is C/C(=N\NC(=O)CSc1nnc(SCc2ccc(Cl)cc2)s1)c1ccc(Br)cc1. The summed E-state index contributed by atoms with van der Waals surface area (Å²) in [7, 11) is 0. The molecule has 1 heterocycles. The number of hydrogen-bond donors (Lipinski definition) is 1. The van der Waals surface area contributed by atoms with Gasteiger partial charge in [-0.2, -0.15) is 5.10 Å². The van der Waals surface area contributed by atoms with E-state index in [2.05, 4.69) is 36.7 Å². The van der Waals surface area contributed by atoms with Crippen LogP contribution in [-0.2, 0) is 10.5 Å². The molecule has 0 saturated carbocycles. The van der Waals surface area contributed by atoms with E-state index in [0.29, 0.717) is 0 Å². The quantitative estimate of drug-likeness (QED) is 0.225. The first-order valence-corrected chi connectivity index (χ1v) is 12.4. The molecule has 1 amide bonds. The van der Waals surface area contributed by atoms with E-state index >= 15 is 0 Å². The van der Waals surface area contributed by atoms with Gasteiger partial charge in [0.25, 0.3) is 5.91 Å². The summed E-state index contributed by atoms with van der Waals surface area (Å²) in [5, 5.41) is 13.2. The largest absolute Gasteiger partial charge is 0.272 e. The fourth-order valence-electron chi connectivity index (χ4n) is 2.10. The third-order valence-electron chi connectivity index (χ3n) is 3.60. The zero-order valence-corrected chi connectivity index (χ0v) is 20.1. The maximum atomic E-state index is 12.0. The number of thioether (sulfide) groups is 2. The Bertz CT molecular complexity index is 993. The molecule has 10 heteroatoms. The molecule has 0 aliphatic carbocycles. The van der Waals surface area contributed by atoms with Gasteiger partial charge in [-0.3, -0.25) is 4.79 Å². The lowest BCUT2D eigenvalue weighted by Crippen LogP contribution is -2.21. The Kier molecular flexibility index (Phi) is 8.55. The van der Waals surface area contributed by atoms with Crippen molar-refractivity contribution in [3.8, 4) is 0 Å². The van der Waals surface area contributed by atoms with Gasteiger partial charge in [0.05, 0.1) is 11.5 Å². The van der Waals surface area contributed by atoms with E-state index in [9.17, 15) is 4.79 Å². The Hall–Kier alpha value is -1.39.